The van der Waals surface area contributed by atoms with Crippen LogP contribution in [0.2, 0.25) is 0 Å². The van der Waals surface area contributed by atoms with Gasteiger partial charge >= 0.3 is 0 Å². The topological polar surface area (TPSA) is 47.9 Å². The van der Waals surface area contributed by atoms with E-state index in [2.05, 4.69) is 46.1 Å². The van der Waals surface area contributed by atoms with Crippen LogP contribution in [-0.2, 0) is 4.79 Å². The Morgan fingerprint density at radius 1 is 1.40 bits per heavy atom. The number of hydrogen-bond acceptors (Lipinski definition) is 4. The van der Waals surface area contributed by atoms with E-state index >= 15 is 0 Å². The summed E-state index contributed by atoms with van der Waals surface area (Å²) in [6, 6.07) is 6.24. The minimum Gasteiger partial charge on any atom is -0.314 e. The zero-order chi connectivity index (χ0) is 18.2. The van der Waals surface area contributed by atoms with Gasteiger partial charge in [0.25, 0.3) is 0 Å². The highest BCUT2D eigenvalue weighted by Crippen LogP contribution is 2.25. The van der Waals surface area contributed by atoms with Crippen LogP contribution in [0.4, 0.5) is 5.69 Å². The van der Waals surface area contributed by atoms with Crippen LogP contribution in [-0.4, -0.2) is 60.8 Å². The Bertz CT molecular complexity index is 599. The number of aryl methyl sites for hydroxylation is 1. The summed E-state index contributed by atoms with van der Waals surface area (Å²) in [6.45, 7) is 10.8. The van der Waals surface area contributed by atoms with Gasteiger partial charge in [-0.3, -0.25) is 9.69 Å². The monoisotopic (exact) mass is 408 g/mol. The summed E-state index contributed by atoms with van der Waals surface area (Å²) in [5.74, 6) is 0.867. The third kappa shape index (κ3) is 5.36. The molecule has 1 heterocycles. The van der Waals surface area contributed by atoms with E-state index in [1.54, 1.807) is 4.90 Å². The first-order chi connectivity index (χ1) is 12.1. The van der Waals surface area contributed by atoms with Gasteiger partial charge in [0.05, 0.1) is 11.7 Å². The molecule has 0 aromatic heterocycles. The van der Waals surface area contributed by atoms with Crippen molar-refractivity contribution in [1.82, 2.24) is 15.1 Å². The highest BCUT2D eigenvalue weighted by Gasteiger charge is 2.28. The molecule has 1 saturated heterocycles. The fraction of sp³-hybridized carbons (Fsp3) is 0.579. The Labute approximate surface area is 159 Å². The molecular weight excluding hydrogens is 380 g/mol. The number of rotatable bonds is 7. The first-order valence-corrected chi connectivity index (χ1v) is 9.91. The van der Waals surface area contributed by atoms with Crippen molar-refractivity contribution in [1.29, 1.82) is 0 Å². The summed E-state index contributed by atoms with van der Waals surface area (Å²) < 4.78 is 1.04. The second-order valence-electron chi connectivity index (χ2n) is 6.38. The van der Waals surface area contributed by atoms with E-state index in [1.165, 1.54) is 0 Å². The zero-order valence-corrected chi connectivity index (χ0v) is 17.1. The summed E-state index contributed by atoms with van der Waals surface area (Å²) in [4.78, 5) is 20.9. The van der Waals surface area contributed by atoms with Gasteiger partial charge in [-0.1, -0.05) is 29.3 Å². The quantitative estimate of drug-likeness (QED) is 0.427. The van der Waals surface area contributed by atoms with Gasteiger partial charge in [-0.15, -0.1) is 0 Å². The van der Waals surface area contributed by atoms with Gasteiger partial charge < -0.3 is 10.2 Å². The van der Waals surface area contributed by atoms with E-state index in [9.17, 15) is 4.79 Å². The van der Waals surface area contributed by atoms with Crippen LogP contribution >= 0.6 is 15.9 Å². The number of halogens is 1. The summed E-state index contributed by atoms with van der Waals surface area (Å²) >= 11 is 3.50. The lowest BCUT2D eigenvalue weighted by atomic mass is 10.1. The molecule has 138 valence electrons. The lowest BCUT2D eigenvalue weighted by Crippen LogP contribution is -2.54. The lowest BCUT2D eigenvalue weighted by molar-refractivity contribution is -0.114. The van der Waals surface area contributed by atoms with Crippen molar-refractivity contribution in [2.75, 3.05) is 32.7 Å². The Balaban J connectivity index is 2.44. The highest BCUT2D eigenvalue weighted by atomic mass is 79.9. The lowest BCUT2D eigenvalue weighted by Gasteiger charge is -2.37. The summed E-state index contributed by atoms with van der Waals surface area (Å²) in [5.41, 5.74) is 2.03. The molecule has 1 N–H and O–H groups in total. The minimum absolute atomic E-state index is 0.167. The van der Waals surface area contributed by atoms with Gasteiger partial charge in [0.1, 0.15) is 5.84 Å². The molecular formula is C19H29BrN4O. The molecule has 0 aliphatic carbocycles. The predicted octanol–water partition coefficient (Wildman–Crippen LogP) is 3.34. The molecule has 1 aliphatic heterocycles. The fourth-order valence-electron chi connectivity index (χ4n) is 3.23. The molecule has 1 unspecified atom stereocenters. The fourth-order valence-corrected chi connectivity index (χ4v) is 3.71. The number of amidine groups is 1. The molecule has 1 atom stereocenters. The molecule has 0 saturated carbocycles. The molecule has 1 aromatic carbocycles. The van der Waals surface area contributed by atoms with E-state index in [-0.39, 0.29) is 6.04 Å². The molecule has 5 nitrogen and oxygen atoms in total. The van der Waals surface area contributed by atoms with E-state index in [0.29, 0.717) is 6.54 Å². The van der Waals surface area contributed by atoms with Gasteiger partial charge in [-0.2, -0.15) is 0 Å². The Morgan fingerprint density at radius 2 is 2.12 bits per heavy atom. The molecule has 1 aliphatic rings. The Hall–Kier alpha value is -1.24. The van der Waals surface area contributed by atoms with Crippen molar-refractivity contribution in [3.05, 3.63) is 28.2 Å². The molecule has 25 heavy (non-hydrogen) atoms. The average molecular weight is 409 g/mol. The third-order valence-electron chi connectivity index (χ3n) is 4.61. The van der Waals surface area contributed by atoms with Crippen LogP contribution in [0.5, 0.6) is 0 Å². The second-order valence-corrected chi connectivity index (χ2v) is 7.30. The van der Waals surface area contributed by atoms with Crippen LogP contribution in [0, 0.1) is 6.92 Å². The van der Waals surface area contributed by atoms with Crippen molar-refractivity contribution in [2.24, 2.45) is 4.99 Å². The number of aliphatic imine (C=N–C) groups is 1. The van der Waals surface area contributed by atoms with Crippen LogP contribution in [0.15, 0.2) is 27.7 Å². The van der Waals surface area contributed by atoms with Gasteiger partial charge in [-0.25, -0.2) is 4.99 Å². The molecule has 1 aromatic rings. The minimum atomic E-state index is 0.167. The number of benzene rings is 1. The van der Waals surface area contributed by atoms with Crippen molar-refractivity contribution in [2.45, 2.75) is 39.7 Å². The molecule has 1 amide bonds. The molecule has 1 fully saturated rings. The maximum Gasteiger partial charge on any atom is 0.215 e. The normalized spacial score (nSPS) is 17.4. The van der Waals surface area contributed by atoms with Crippen molar-refractivity contribution in [3.8, 4) is 0 Å². The number of likely N-dealkylation sites (N-methyl/N-ethyl adjacent to an activating group) is 1. The summed E-state index contributed by atoms with van der Waals surface area (Å²) in [6.07, 6.45) is 2.97. The van der Waals surface area contributed by atoms with Crippen LogP contribution in [0.25, 0.3) is 0 Å². The number of nitrogens with one attached hydrogen (secondary N) is 1. The molecule has 2 rings (SSSR count). The molecule has 0 bridgehead atoms. The standard InChI is InChI=1S/C19H29BrN4O/c1-4-6-18(24-11-9-21-10-12-24)19(23(5-2)14-25)22-17-8-7-16(20)13-15(17)3/h7-8,13-14,18,21H,4-6,9-12H2,1-3H3. The van der Waals surface area contributed by atoms with Crippen molar-refractivity contribution < 1.29 is 4.79 Å². The molecule has 6 heteroatoms. The number of nitrogens with zero attached hydrogens (tertiary/aromatic N) is 3. The zero-order valence-electron chi connectivity index (χ0n) is 15.5. The van der Waals surface area contributed by atoms with Gasteiger partial charge in [0.15, 0.2) is 0 Å². The van der Waals surface area contributed by atoms with Gasteiger partial charge in [0, 0.05) is 37.2 Å². The Kier molecular flexibility index (Phi) is 8.06. The van der Waals surface area contributed by atoms with Gasteiger partial charge in [0.2, 0.25) is 6.41 Å². The summed E-state index contributed by atoms with van der Waals surface area (Å²) in [5, 5.41) is 3.40. The van der Waals surface area contributed by atoms with Crippen LogP contribution in [0.3, 0.4) is 0 Å². The van der Waals surface area contributed by atoms with Gasteiger partial charge in [-0.05, 0) is 44.0 Å². The maximum absolute atomic E-state index is 11.7. The van der Waals surface area contributed by atoms with Crippen molar-refractivity contribution in [3.63, 3.8) is 0 Å². The first kappa shape index (κ1) is 20.1. The smallest absolute Gasteiger partial charge is 0.215 e. The molecule has 0 spiro atoms. The van der Waals surface area contributed by atoms with Crippen molar-refractivity contribution >= 4 is 33.9 Å². The van der Waals surface area contributed by atoms with E-state index in [1.807, 2.05) is 19.1 Å². The van der Waals surface area contributed by atoms with E-state index < -0.39 is 0 Å². The number of piperazine rings is 1. The molecule has 0 radical (unpaired) electrons. The second kappa shape index (κ2) is 10.0. The highest BCUT2D eigenvalue weighted by molar-refractivity contribution is 9.10. The summed E-state index contributed by atoms with van der Waals surface area (Å²) in [7, 11) is 0. The largest absolute Gasteiger partial charge is 0.314 e. The van der Waals surface area contributed by atoms with Crippen LogP contribution in [0.1, 0.15) is 32.3 Å². The van der Waals surface area contributed by atoms with E-state index in [0.717, 1.165) is 67.0 Å². The number of hydrogen-bond donors (Lipinski definition) is 1. The number of amides is 1. The third-order valence-corrected chi connectivity index (χ3v) is 5.10. The SMILES string of the molecule is CCCC(C(=Nc1ccc(Br)cc1C)N(C=O)CC)N1CCNCC1. The Morgan fingerprint density at radius 3 is 2.68 bits per heavy atom. The first-order valence-electron chi connectivity index (χ1n) is 9.12. The average Bonchev–Trinajstić information content (AvgIpc) is 2.62. The maximum atomic E-state index is 11.7. The van der Waals surface area contributed by atoms with Crippen LogP contribution < -0.4 is 5.32 Å². The predicted molar refractivity (Wildman–Crippen MR) is 108 cm³/mol. The number of carbonyl (C=O) groups excluding carboxylic acids is 1. The number of carbonyl (C=O) groups is 1. The van der Waals surface area contributed by atoms with E-state index in [4.69, 9.17) is 4.99 Å².